The first kappa shape index (κ1) is 14.5. The maximum absolute atomic E-state index is 13.8. The summed E-state index contributed by atoms with van der Waals surface area (Å²) in [7, 11) is -2.62. The molecule has 3 rings (SSSR count). The molecule has 0 aliphatic carbocycles. The molecule has 0 N–H and O–H groups in total. The maximum Gasteiger partial charge on any atom is 0.156 e. The van der Waals surface area contributed by atoms with Gasteiger partial charge in [-0.2, -0.15) is 0 Å². The number of hydrogen-bond donors (Lipinski definition) is 0. The van der Waals surface area contributed by atoms with Crippen molar-refractivity contribution in [3.8, 4) is 0 Å². The Bertz CT molecular complexity index is 566. The van der Waals surface area contributed by atoms with Gasteiger partial charge in [-0.05, 0) is 0 Å². The van der Waals surface area contributed by atoms with Gasteiger partial charge in [0.15, 0.2) is 7.14 Å². The molecule has 2 aromatic rings. The molecule has 0 saturated carbocycles. The van der Waals surface area contributed by atoms with Crippen LogP contribution < -0.4 is 10.6 Å². The molecular formula is C17H20NO2P. The monoisotopic (exact) mass is 301 g/mol. The predicted octanol–water partition coefficient (Wildman–Crippen LogP) is 2.29. The number of ether oxygens (including phenoxy) is 1. The molecule has 0 atom stereocenters. The molecule has 0 spiro atoms. The number of benzene rings is 2. The largest absolute Gasteiger partial charge is 0.379 e. The second kappa shape index (κ2) is 6.57. The molecule has 1 heterocycles. The lowest BCUT2D eigenvalue weighted by atomic mass is 10.4. The average molecular weight is 301 g/mol. The molecule has 21 heavy (non-hydrogen) atoms. The highest BCUT2D eigenvalue weighted by Crippen LogP contribution is 2.43. The fourth-order valence-corrected chi connectivity index (χ4v) is 5.45. The molecule has 0 unspecified atom stereocenters. The highest BCUT2D eigenvalue weighted by molar-refractivity contribution is 7.78. The highest BCUT2D eigenvalue weighted by Gasteiger charge is 2.30. The van der Waals surface area contributed by atoms with Crippen LogP contribution in [-0.2, 0) is 9.30 Å². The van der Waals surface area contributed by atoms with E-state index in [-0.39, 0.29) is 0 Å². The van der Waals surface area contributed by atoms with Crippen molar-refractivity contribution in [2.24, 2.45) is 0 Å². The Morgan fingerprint density at radius 2 is 1.33 bits per heavy atom. The topological polar surface area (TPSA) is 29.5 Å². The minimum atomic E-state index is -2.62. The summed E-state index contributed by atoms with van der Waals surface area (Å²) in [6.07, 6.45) is 0.588. The van der Waals surface area contributed by atoms with Gasteiger partial charge in [0, 0.05) is 23.7 Å². The number of morpholine rings is 1. The van der Waals surface area contributed by atoms with Crippen molar-refractivity contribution in [1.29, 1.82) is 0 Å². The Morgan fingerprint density at radius 3 is 1.81 bits per heavy atom. The van der Waals surface area contributed by atoms with E-state index in [1.54, 1.807) is 0 Å². The number of nitrogens with zero attached hydrogens (tertiary/aromatic N) is 1. The fraction of sp³-hybridized carbons (Fsp3) is 0.294. The minimum absolute atomic E-state index is 0.588. The third-order valence-electron chi connectivity index (χ3n) is 3.85. The normalized spacial score (nSPS) is 16.8. The molecule has 3 nitrogen and oxygen atoms in total. The van der Waals surface area contributed by atoms with Crippen LogP contribution in [0.3, 0.4) is 0 Å². The first-order valence-electron chi connectivity index (χ1n) is 7.29. The van der Waals surface area contributed by atoms with Crippen molar-refractivity contribution in [2.45, 2.75) is 0 Å². The Hall–Kier alpha value is -1.41. The van der Waals surface area contributed by atoms with Gasteiger partial charge in [-0.3, -0.25) is 4.90 Å². The van der Waals surface area contributed by atoms with Gasteiger partial charge in [-0.15, -0.1) is 0 Å². The van der Waals surface area contributed by atoms with Gasteiger partial charge < -0.3 is 9.30 Å². The van der Waals surface area contributed by atoms with E-state index in [2.05, 4.69) is 4.90 Å². The Morgan fingerprint density at radius 1 is 0.857 bits per heavy atom. The lowest BCUT2D eigenvalue weighted by Crippen LogP contribution is -2.39. The third-order valence-corrected chi connectivity index (χ3v) is 6.91. The molecule has 0 bridgehead atoms. The Balaban J connectivity index is 1.96. The van der Waals surface area contributed by atoms with E-state index in [1.807, 2.05) is 60.7 Å². The third kappa shape index (κ3) is 3.26. The van der Waals surface area contributed by atoms with Crippen LogP contribution in [0.15, 0.2) is 60.7 Å². The summed E-state index contributed by atoms with van der Waals surface area (Å²) in [4.78, 5) is 2.25. The van der Waals surface area contributed by atoms with E-state index in [4.69, 9.17) is 4.74 Å². The smallest absolute Gasteiger partial charge is 0.156 e. The van der Waals surface area contributed by atoms with Crippen molar-refractivity contribution in [3.05, 3.63) is 60.7 Å². The summed E-state index contributed by atoms with van der Waals surface area (Å²) >= 11 is 0. The van der Waals surface area contributed by atoms with Gasteiger partial charge in [-0.1, -0.05) is 60.7 Å². The molecule has 1 saturated heterocycles. The molecule has 0 radical (unpaired) electrons. The molecular weight excluding hydrogens is 281 g/mol. The van der Waals surface area contributed by atoms with Gasteiger partial charge >= 0.3 is 0 Å². The van der Waals surface area contributed by atoms with E-state index in [0.29, 0.717) is 6.29 Å². The zero-order valence-corrected chi connectivity index (χ0v) is 12.9. The Labute approximate surface area is 125 Å². The zero-order valence-electron chi connectivity index (χ0n) is 12.0. The maximum atomic E-state index is 13.8. The number of rotatable bonds is 4. The minimum Gasteiger partial charge on any atom is -0.379 e. The van der Waals surface area contributed by atoms with E-state index in [9.17, 15) is 4.57 Å². The lowest BCUT2D eigenvalue weighted by molar-refractivity contribution is 0.0465. The highest BCUT2D eigenvalue weighted by atomic mass is 31.2. The fourth-order valence-electron chi connectivity index (χ4n) is 2.67. The summed E-state index contributed by atoms with van der Waals surface area (Å²) in [6.45, 7) is 3.15. The molecule has 0 aromatic heterocycles. The molecule has 0 amide bonds. The van der Waals surface area contributed by atoms with Gasteiger partial charge in [0.25, 0.3) is 0 Å². The van der Waals surface area contributed by atoms with E-state index in [0.717, 1.165) is 36.9 Å². The van der Waals surface area contributed by atoms with Crippen molar-refractivity contribution in [2.75, 3.05) is 32.6 Å². The summed E-state index contributed by atoms with van der Waals surface area (Å²) in [6, 6.07) is 19.7. The molecule has 1 aliphatic heterocycles. The molecule has 4 heteroatoms. The summed E-state index contributed by atoms with van der Waals surface area (Å²) in [5.41, 5.74) is 0. The second-order valence-electron chi connectivity index (χ2n) is 5.28. The van der Waals surface area contributed by atoms with Crippen molar-refractivity contribution < 1.29 is 9.30 Å². The average Bonchev–Trinajstić information content (AvgIpc) is 2.57. The summed E-state index contributed by atoms with van der Waals surface area (Å²) < 4.78 is 19.2. The SMILES string of the molecule is O=P(CN1CCOCC1)(c1ccccc1)c1ccccc1. The van der Waals surface area contributed by atoms with Crippen LogP contribution in [-0.4, -0.2) is 37.5 Å². The van der Waals surface area contributed by atoms with Gasteiger partial charge in [0.1, 0.15) is 0 Å². The Kier molecular flexibility index (Phi) is 4.54. The van der Waals surface area contributed by atoms with Crippen LogP contribution in [0.4, 0.5) is 0 Å². The van der Waals surface area contributed by atoms with Gasteiger partial charge in [0.05, 0.1) is 19.5 Å². The quantitative estimate of drug-likeness (QED) is 0.812. The first-order chi connectivity index (χ1) is 10.3. The molecule has 110 valence electrons. The predicted molar refractivity (Wildman–Crippen MR) is 87.0 cm³/mol. The van der Waals surface area contributed by atoms with Crippen LogP contribution in [0, 0.1) is 0 Å². The summed E-state index contributed by atoms with van der Waals surface area (Å²) in [5.74, 6) is 0. The number of hydrogen-bond acceptors (Lipinski definition) is 3. The summed E-state index contributed by atoms with van der Waals surface area (Å²) in [5, 5.41) is 1.87. The van der Waals surface area contributed by atoms with Gasteiger partial charge in [0.2, 0.25) is 0 Å². The second-order valence-corrected chi connectivity index (χ2v) is 8.08. The van der Waals surface area contributed by atoms with Crippen molar-refractivity contribution in [3.63, 3.8) is 0 Å². The van der Waals surface area contributed by atoms with E-state index < -0.39 is 7.14 Å². The van der Waals surface area contributed by atoms with Crippen molar-refractivity contribution in [1.82, 2.24) is 4.90 Å². The standard InChI is InChI=1S/C17H20NO2P/c19-21(16-7-3-1-4-8-16,17-9-5-2-6-10-17)15-18-11-13-20-14-12-18/h1-10H,11-15H2. The van der Waals surface area contributed by atoms with Crippen LogP contribution in [0.2, 0.25) is 0 Å². The van der Waals surface area contributed by atoms with Crippen molar-refractivity contribution >= 4 is 17.8 Å². The molecule has 1 fully saturated rings. The molecule has 2 aromatic carbocycles. The van der Waals surface area contributed by atoms with Gasteiger partial charge in [-0.25, -0.2) is 0 Å². The lowest BCUT2D eigenvalue weighted by Gasteiger charge is -2.31. The zero-order chi connectivity index (χ0) is 14.5. The van der Waals surface area contributed by atoms with Crippen LogP contribution in [0.5, 0.6) is 0 Å². The molecule has 1 aliphatic rings. The van der Waals surface area contributed by atoms with E-state index >= 15 is 0 Å². The van der Waals surface area contributed by atoms with Crippen LogP contribution >= 0.6 is 7.14 Å². The van der Waals surface area contributed by atoms with E-state index in [1.165, 1.54) is 0 Å². The van der Waals surface area contributed by atoms with Crippen LogP contribution in [0.1, 0.15) is 0 Å². The van der Waals surface area contributed by atoms with Crippen LogP contribution in [0.25, 0.3) is 0 Å². The first-order valence-corrected chi connectivity index (χ1v) is 9.19.